The molecule has 0 bridgehead atoms. The number of aliphatic imine (C=N–C) groups is 1. The molecule has 676 valence electrons. The van der Waals surface area contributed by atoms with Gasteiger partial charge in [0.1, 0.15) is 60.5 Å². The van der Waals surface area contributed by atoms with Crippen molar-refractivity contribution >= 4 is 93.0 Å². The van der Waals surface area contributed by atoms with Gasteiger partial charge in [0.15, 0.2) is 0 Å². The number of ether oxygens (including phenoxy) is 1. The second-order valence-electron chi connectivity index (χ2n) is 37.4. The molecule has 12 N–H and O–H groups in total. The summed E-state index contributed by atoms with van der Waals surface area (Å²) in [7, 11) is 3.75. The molecule has 23 atom stereocenters. The Morgan fingerprint density at radius 2 is 1.40 bits per heavy atom. The lowest BCUT2D eigenvalue weighted by molar-refractivity contribution is -0.146. The molecule has 6 fully saturated rings. The molecule has 5 aliphatic carbocycles. The molecular weight excluding hydrogens is 1620 g/mol. The fourth-order valence-electron chi connectivity index (χ4n) is 21.4. The van der Waals surface area contributed by atoms with Gasteiger partial charge in [-0.25, -0.2) is 4.79 Å². The van der Waals surface area contributed by atoms with Gasteiger partial charge in [0.2, 0.25) is 53.2 Å². The Labute approximate surface area is 738 Å². The van der Waals surface area contributed by atoms with Crippen LogP contribution in [-0.2, 0) is 65.5 Å². The molecule has 0 aromatic heterocycles. The van der Waals surface area contributed by atoms with Crippen LogP contribution in [0, 0.1) is 58.2 Å². The fraction of sp³-hybridized carbons (Fsp3) is 0.638. The zero-order valence-electron chi connectivity index (χ0n) is 73.3. The van der Waals surface area contributed by atoms with Gasteiger partial charge in [-0.05, 0) is 180 Å². The highest BCUT2D eigenvalue weighted by Gasteiger charge is 2.60. The summed E-state index contributed by atoms with van der Waals surface area (Å²) in [6.07, 6.45) is 28.1. The number of unbranched alkanes of at least 4 members (excludes halogenated alkanes) is 1. The van der Waals surface area contributed by atoms with Gasteiger partial charge in [-0.1, -0.05) is 178 Å². The lowest BCUT2D eigenvalue weighted by Crippen LogP contribution is -2.62. The number of allylic oxidation sites excluding steroid dienone is 4. The van der Waals surface area contributed by atoms with Gasteiger partial charge in [0.05, 0.1) is 30.9 Å². The smallest absolute Gasteiger partial charge is 0.407 e. The van der Waals surface area contributed by atoms with Crippen molar-refractivity contribution in [3.8, 4) is 0 Å². The molecule has 30 heteroatoms. The predicted molar refractivity (Wildman–Crippen MR) is 477 cm³/mol. The summed E-state index contributed by atoms with van der Waals surface area (Å²) in [6, 6.07) is 3.55. The van der Waals surface area contributed by atoms with E-state index in [1.807, 2.05) is 43.6 Å². The molecule has 2 aromatic rings. The van der Waals surface area contributed by atoms with Crippen LogP contribution in [-0.4, -0.2) is 231 Å². The first-order valence-electron chi connectivity index (χ1n) is 45.5. The van der Waals surface area contributed by atoms with E-state index in [2.05, 4.69) is 88.5 Å². The van der Waals surface area contributed by atoms with Crippen molar-refractivity contribution in [2.45, 2.75) is 274 Å². The van der Waals surface area contributed by atoms with Crippen molar-refractivity contribution in [3.63, 3.8) is 0 Å². The van der Waals surface area contributed by atoms with Crippen molar-refractivity contribution in [2.75, 3.05) is 44.8 Å². The van der Waals surface area contributed by atoms with Crippen LogP contribution in [0.1, 0.15) is 188 Å². The van der Waals surface area contributed by atoms with E-state index in [1.165, 1.54) is 69.3 Å². The van der Waals surface area contributed by atoms with Crippen LogP contribution in [0.5, 0.6) is 0 Å². The van der Waals surface area contributed by atoms with Crippen molar-refractivity contribution in [1.29, 1.82) is 0 Å². The molecule has 3 saturated carbocycles. The zero-order chi connectivity index (χ0) is 88.5. The molecule has 0 radical (unpaired) electrons. The summed E-state index contributed by atoms with van der Waals surface area (Å²) in [4.78, 5) is 174. The quantitative estimate of drug-likeness (QED) is 0.0220. The number of nitrogens with zero attached hydrogens (tertiary/aromatic N) is 4. The van der Waals surface area contributed by atoms with Gasteiger partial charge in [-0.3, -0.25) is 52.9 Å². The van der Waals surface area contributed by atoms with Crippen molar-refractivity contribution in [1.82, 2.24) is 62.6 Å². The molecule has 5 heterocycles. The number of carbonyl (C=O) groups is 11. The highest BCUT2D eigenvalue weighted by Crippen LogP contribution is 2.67. The number of carbonyl (C=O) groups excluding carboxylic acids is 11. The van der Waals surface area contributed by atoms with Crippen molar-refractivity contribution in [3.05, 3.63) is 132 Å². The zero-order valence-corrected chi connectivity index (χ0v) is 74.9. The number of hydrogen-bond donors (Lipinski definition) is 12. The summed E-state index contributed by atoms with van der Waals surface area (Å²) in [5, 5.41) is 57.7. The van der Waals surface area contributed by atoms with Gasteiger partial charge < -0.3 is 82.6 Å². The molecule has 22 unspecified atom stereocenters. The van der Waals surface area contributed by atoms with E-state index in [9.17, 15) is 44.1 Å². The minimum Gasteiger partial charge on any atom is -0.446 e. The Morgan fingerprint density at radius 3 is 2.12 bits per heavy atom. The number of amides is 11. The second-order valence-corrected chi connectivity index (χ2v) is 39.9. The van der Waals surface area contributed by atoms with Crippen molar-refractivity contribution < 1.29 is 72.8 Å². The third kappa shape index (κ3) is 23.5. The lowest BCUT2D eigenvalue weighted by atomic mass is 9.47. The maximum atomic E-state index is 15.6. The molecule has 5 aliphatic heterocycles. The van der Waals surface area contributed by atoms with Crippen LogP contribution in [0.3, 0.4) is 0 Å². The van der Waals surface area contributed by atoms with E-state index in [4.69, 9.17) is 9.73 Å². The molecule has 2 aromatic carbocycles. The molecule has 12 rings (SSSR count). The minimum absolute atomic E-state index is 0.0465. The number of benzene rings is 2. The Morgan fingerprint density at radius 1 is 0.702 bits per heavy atom. The number of alkyl carbamates (subject to hydrolysis) is 1. The number of rotatable bonds is 28. The molecular formula is C94H133N13O15S2. The molecule has 0 spiro atoms. The predicted octanol–water partition coefficient (Wildman–Crippen LogP) is 7.72. The van der Waals surface area contributed by atoms with Gasteiger partial charge in [0.25, 0.3) is 5.91 Å². The van der Waals surface area contributed by atoms with E-state index in [0.717, 1.165) is 58.6 Å². The van der Waals surface area contributed by atoms with Crippen LogP contribution in [0.2, 0.25) is 0 Å². The average Bonchev–Trinajstić information content (AvgIpc) is 1.45. The standard InChI is InChI=1S/C94H133N13O15S2/c1-56(2)23-19-24-57(3)68-37-38-69-67-36-35-64-50-65(39-41-93(64,6)70(67)40-42-94(68,69)7)122-92(121)95-43-18-17-32-72-82(111)104-81(59(5)110)89(118)103-78(87(116)101-76(53-108)58(4)109)55-124-123-54-77(86(115)98-73(47-60-25-11-9-12-26-60)83(112)99-75(85(114)97-72)49-63-51-96-71-31-16-15-30-66(63)71)102-84(113)74(48-61-27-13-10-14-28-61)100-88(117)79-33-21-45-106(79)91(120)80-34-22-46-107(80)90(119)62-29-20-44-105(8)52-62/h9-16,20,25-28,30-31,35,44,51-52,56-59,63,65-81,108-110H,17-19,21-24,29,32-34,36-43,45-50,53-55H2,1-8H3,(H,95,121)(H,97,114)(H,98,115)(H,99,112)(H,100,117)(H,101,116)(H,102,113)(H,103,118)(H,104,111)/t57?,58?,59?,63?,65-,66?,67?,68?,69?,70?,71?,72?,73?,74?,75?,76?,77?,78?,79?,80?,81?,93?,94?/m0/s1. The summed E-state index contributed by atoms with van der Waals surface area (Å²) in [5.41, 5.74) is 3.55. The van der Waals surface area contributed by atoms with E-state index in [-0.39, 0.29) is 105 Å². The number of aliphatic hydroxyl groups is 3. The number of aliphatic hydroxyl groups excluding tert-OH is 3. The highest BCUT2D eigenvalue weighted by molar-refractivity contribution is 8.76. The maximum Gasteiger partial charge on any atom is 0.407 e. The fourth-order valence-corrected chi connectivity index (χ4v) is 23.8. The molecule has 124 heavy (non-hydrogen) atoms. The van der Waals surface area contributed by atoms with Crippen LogP contribution in [0.4, 0.5) is 4.79 Å². The Hall–Kier alpha value is -8.84. The van der Waals surface area contributed by atoms with Crippen LogP contribution in [0.15, 0.2) is 126 Å². The number of nitrogens with one attached hydrogen (secondary N) is 9. The van der Waals surface area contributed by atoms with E-state index < -0.39 is 139 Å². The Bertz CT molecular complexity index is 4300. The summed E-state index contributed by atoms with van der Waals surface area (Å²) < 4.78 is 6.19. The topological polar surface area (TPSA) is 388 Å². The third-order valence-corrected chi connectivity index (χ3v) is 30.8. The van der Waals surface area contributed by atoms with E-state index >= 15 is 24.0 Å². The van der Waals surface area contributed by atoms with Gasteiger partial charge in [-0.2, -0.15) is 0 Å². The summed E-state index contributed by atoms with van der Waals surface area (Å²) in [5.74, 6) is -4.69. The SMILES string of the molecule is CC(C)CCCC(C)C1CCC2C3CC=C4C[C@@H](OC(=O)NCCCCC5NC(=O)C(CC6C=NC7C=CC=CC67)NC(=O)C(Cc6ccccc6)NC(=O)C(NC(=O)C(Cc6ccccc6)NC(=O)C6CCCN6C(=O)C6CCCN6C(=O)C6=CN(C)C=CC6)CSSCC(C(=O)NC(CO)C(C)O)NC(=O)C(C(C)O)NC5=O)CCC4(C)C3CCC12C. The average molecular weight is 1750 g/mol. The number of fused-ring (bicyclic) bond motifs is 6. The maximum absolute atomic E-state index is 15.6. The lowest BCUT2D eigenvalue weighted by Gasteiger charge is -2.58. The first-order valence-corrected chi connectivity index (χ1v) is 47.9. The number of likely N-dealkylation sites (tertiary alicyclic amines) is 2. The van der Waals surface area contributed by atoms with Crippen LogP contribution < -0.4 is 47.9 Å². The third-order valence-electron chi connectivity index (χ3n) is 28.4. The van der Waals surface area contributed by atoms with Gasteiger partial charge >= 0.3 is 6.09 Å². The summed E-state index contributed by atoms with van der Waals surface area (Å²) in [6.45, 7) is 14.8. The minimum atomic E-state index is -1.79. The second kappa shape index (κ2) is 43.6. The van der Waals surface area contributed by atoms with Gasteiger partial charge in [-0.15, -0.1) is 0 Å². The normalized spacial score (nSPS) is 31.6. The van der Waals surface area contributed by atoms with Crippen LogP contribution >= 0.6 is 21.6 Å². The highest BCUT2D eigenvalue weighted by atomic mass is 33.1. The van der Waals surface area contributed by atoms with E-state index in [0.29, 0.717) is 78.5 Å². The first kappa shape index (κ1) is 94.3. The Kier molecular flexibility index (Phi) is 33.1. The van der Waals surface area contributed by atoms with Gasteiger partial charge in [0, 0.05) is 87.3 Å². The van der Waals surface area contributed by atoms with Crippen LogP contribution in [0.25, 0.3) is 0 Å². The van der Waals surface area contributed by atoms with Crippen molar-refractivity contribution in [2.24, 2.45) is 63.2 Å². The molecule has 10 aliphatic rings. The van der Waals surface area contributed by atoms with E-state index in [1.54, 1.807) is 82.9 Å². The largest absolute Gasteiger partial charge is 0.446 e. The Balaban J connectivity index is 0.778. The molecule has 11 amide bonds. The summed E-state index contributed by atoms with van der Waals surface area (Å²) >= 11 is 0. The molecule has 3 saturated heterocycles. The number of hydrogen-bond acceptors (Lipinski definition) is 19. The first-order chi connectivity index (χ1) is 59.5. The monoisotopic (exact) mass is 1750 g/mol. The molecule has 28 nitrogen and oxygen atoms in total.